The van der Waals surface area contributed by atoms with Crippen LogP contribution in [0.4, 0.5) is 5.69 Å². The number of aromatic nitrogens is 1. The second kappa shape index (κ2) is 6.50. The second-order valence-corrected chi connectivity index (χ2v) is 5.24. The van der Waals surface area contributed by atoms with E-state index in [1.165, 1.54) is 11.1 Å². The molecule has 2 heterocycles. The van der Waals surface area contributed by atoms with E-state index in [-0.39, 0.29) is 5.91 Å². The third kappa shape index (κ3) is 3.47. The van der Waals surface area contributed by atoms with Gasteiger partial charge in [-0.2, -0.15) is 0 Å². The Morgan fingerprint density at radius 1 is 1.24 bits per heavy atom. The zero-order chi connectivity index (χ0) is 14.5. The Morgan fingerprint density at radius 3 is 3.05 bits per heavy atom. The number of aryl methyl sites for hydroxylation is 1. The third-order valence-corrected chi connectivity index (χ3v) is 3.75. The van der Waals surface area contributed by atoms with Gasteiger partial charge in [0.2, 0.25) is 5.91 Å². The van der Waals surface area contributed by atoms with Gasteiger partial charge in [-0.05, 0) is 48.7 Å². The Kier molecular flexibility index (Phi) is 4.26. The number of nitrogens with zero attached hydrogens (tertiary/aromatic N) is 1. The van der Waals surface area contributed by atoms with Crippen molar-refractivity contribution in [2.75, 3.05) is 11.9 Å². The van der Waals surface area contributed by atoms with Gasteiger partial charge in [0.1, 0.15) is 0 Å². The number of amides is 1. The third-order valence-electron chi connectivity index (χ3n) is 3.75. The molecule has 21 heavy (non-hydrogen) atoms. The van der Waals surface area contributed by atoms with E-state index in [9.17, 15) is 4.79 Å². The highest BCUT2D eigenvalue weighted by Crippen LogP contribution is 2.23. The molecule has 0 fully saturated rings. The quantitative estimate of drug-likeness (QED) is 0.904. The molecule has 0 spiro atoms. The molecular weight excluding hydrogens is 262 g/mol. The van der Waals surface area contributed by atoms with Crippen molar-refractivity contribution in [1.82, 2.24) is 10.3 Å². The summed E-state index contributed by atoms with van der Waals surface area (Å²) in [6.07, 6.45) is 3.90. The summed E-state index contributed by atoms with van der Waals surface area (Å²) in [6, 6.07) is 11.9. The highest BCUT2D eigenvalue weighted by atomic mass is 16.1. The van der Waals surface area contributed by atoms with E-state index in [0.717, 1.165) is 30.9 Å². The fraction of sp³-hybridized carbons (Fsp3) is 0.294. The number of hydrogen-bond donors (Lipinski definition) is 2. The lowest BCUT2D eigenvalue weighted by Gasteiger charge is -2.20. The zero-order valence-corrected chi connectivity index (χ0v) is 11.9. The Morgan fingerprint density at radius 2 is 2.19 bits per heavy atom. The standard InChI is InChI=1S/C17H19N3O/c21-17(8-7-14-5-1-2-10-19-14)20-16-6-3-4-13-9-11-18-12-15(13)16/h1-6,10,18H,7-9,11-12H2,(H,20,21). The molecule has 1 aliphatic heterocycles. The first-order chi connectivity index (χ1) is 10.3. The molecule has 2 N–H and O–H groups in total. The Bertz CT molecular complexity index is 625. The number of nitrogens with one attached hydrogen (secondary N) is 2. The van der Waals surface area contributed by atoms with Gasteiger partial charge in [0.25, 0.3) is 0 Å². The number of benzene rings is 1. The molecule has 0 atom stereocenters. The summed E-state index contributed by atoms with van der Waals surface area (Å²) >= 11 is 0. The minimum absolute atomic E-state index is 0.0413. The summed E-state index contributed by atoms with van der Waals surface area (Å²) in [7, 11) is 0. The largest absolute Gasteiger partial charge is 0.326 e. The number of carbonyl (C=O) groups is 1. The van der Waals surface area contributed by atoms with Gasteiger partial charge in [-0.1, -0.05) is 18.2 Å². The van der Waals surface area contributed by atoms with Crippen molar-refractivity contribution in [3.63, 3.8) is 0 Å². The Balaban J connectivity index is 1.63. The number of carbonyl (C=O) groups excluding carboxylic acids is 1. The van der Waals surface area contributed by atoms with Crippen LogP contribution < -0.4 is 10.6 Å². The van der Waals surface area contributed by atoms with Crippen LogP contribution in [0.2, 0.25) is 0 Å². The molecule has 1 aliphatic rings. The average Bonchev–Trinajstić information content (AvgIpc) is 2.54. The highest BCUT2D eigenvalue weighted by molar-refractivity contribution is 5.91. The van der Waals surface area contributed by atoms with E-state index in [1.807, 2.05) is 30.3 Å². The smallest absolute Gasteiger partial charge is 0.224 e. The minimum atomic E-state index is 0.0413. The molecular formula is C17H19N3O. The molecule has 0 saturated carbocycles. The lowest BCUT2D eigenvalue weighted by Crippen LogP contribution is -2.25. The Hall–Kier alpha value is -2.20. The second-order valence-electron chi connectivity index (χ2n) is 5.24. The van der Waals surface area contributed by atoms with Gasteiger partial charge in [0, 0.05) is 30.5 Å². The molecule has 2 aromatic rings. The maximum absolute atomic E-state index is 12.1. The SMILES string of the molecule is O=C(CCc1ccccn1)Nc1cccc2c1CNCC2. The first-order valence-electron chi connectivity index (χ1n) is 7.34. The average molecular weight is 281 g/mol. The molecule has 0 radical (unpaired) electrons. The maximum atomic E-state index is 12.1. The maximum Gasteiger partial charge on any atom is 0.224 e. The number of pyridine rings is 1. The molecule has 4 heteroatoms. The molecule has 4 nitrogen and oxygen atoms in total. The van der Waals surface area contributed by atoms with Gasteiger partial charge in [-0.3, -0.25) is 9.78 Å². The molecule has 0 unspecified atom stereocenters. The topological polar surface area (TPSA) is 54.0 Å². The van der Waals surface area contributed by atoms with E-state index in [4.69, 9.17) is 0 Å². The van der Waals surface area contributed by atoms with Gasteiger partial charge >= 0.3 is 0 Å². The van der Waals surface area contributed by atoms with E-state index in [1.54, 1.807) is 6.20 Å². The van der Waals surface area contributed by atoms with E-state index >= 15 is 0 Å². The molecule has 1 amide bonds. The van der Waals surface area contributed by atoms with Crippen LogP contribution in [0.5, 0.6) is 0 Å². The van der Waals surface area contributed by atoms with Crippen molar-refractivity contribution < 1.29 is 4.79 Å². The van der Waals surface area contributed by atoms with Crippen molar-refractivity contribution in [2.24, 2.45) is 0 Å². The minimum Gasteiger partial charge on any atom is -0.326 e. The van der Waals surface area contributed by atoms with Crippen molar-refractivity contribution in [2.45, 2.75) is 25.8 Å². The van der Waals surface area contributed by atoms with Crippen LogP contribution in [-0.2, 0) is 24.2 Å². The van der Waals surface area contributed by atoms with Crippen LogP contribution in [0.25, 0.3) is 0 Å². The fourth-order valence-corrected chi connectivity index (χ4v) is 2.63. The summed E-state index contributed by atoms with van der Waals surface area (Å²) in [5.41, 5.74) is 4.43. The van der Waals surface area contributed by atoms with Crippen LogP contribution in [0.1, 0.15) is 23.2 Å². The molecule has 0 bridgehead atoms. The molecule has 3 rings (SSSR count). The molecule has 108 valence electrons. The predicted molar refractivity (Wildman–Crippen MR) is 83.0 cm³/mol. The summed E-state index contributed by atoms with van der Waals surface area (Å²) in [5, 5.41) is 6.38. The summed E-state index contributed by atoms with van der Waals surface area (Å²) in [6.45, 7) is 1.83. The Labute approximate surface area is 124 Å². The predicted octanol–water partition coefficient (Wildman–Crippen LogP) is 2.30. The van der Waals surface area contributed by atoms with Crippen LogP contribution in [0.3, 0.4) is 0 Å². The van der Waals surface area contributed by atoms with Crippen LogP contribution in [0.15, 0.2) is 42.6 Å². The van der Waals surface area contributed by atoms with Crippen molar-refractivity contribution in [3.8, 4) is 0 Å². The normalized spacial score (nSPS) is 13.5. The van der Waals surface area contributed by atoms with Crippen molar-refractivity contribution in [3.05, 3.63) is 59.4 Å². The number of anilines is 1. The van der Waals surface area contributed by atoms with Gasteiger partial charge in [0.15, 0.2) is 0 Å². The zero-order valence-electron chi connectivity index (χ0n) is 11.9. The van der Waals surface area contributed by atoms with E-state index < -0.39 is 0 Å². The first kappa shape index (κ1) is 13.8. The summed E-state index contributed by atoms with van der Waals surface area (Å²) in [5.74, 6) is 0.0413. The lowest BCUT2D eigenvalue weighted by atomic mass is 9.99. The van der Waals surface area contributed by atoms with Crippen LogP contribution >= 0.6 is 0 Å². The molecule has 0 saturated heterocycles. The number of hydrogen-bond acceptors (Lipinski definition) is 3. The molecule has 1 aromatic heterocycles. The van der Waals surface area contributed by atoms with E-state index in [0.29, 0.717) is 12.8 Å². The van der Waals surface area contributed by atoms with Gasteiger partial charge < -0.3 is 10.6 Å². The molecule has 0 aliphatic carbocycles. The highest BCUT2D eigenvalue weighted by Gasteiger charge is 2.14. The lowest BCUT2D eigenvalue weighted by molar-refractivity contribution is -0.116. The first-order valence-corrected chi connectivity index (χ1v) is 7.34. The van der Waals surface area contributed by atoms with E-state index in [2.05, 4.69) is 21.7 Å². The monoisotopic (exact) mass is 281 g/mol. The van der Waals surface area contributed by atoms with Gasteiger partial charge in [0.05, 0.1) is 0 Å². The summed E-state index contributed by atoms with van der Waals surface area (Å²) in [4.78, 5) is 16.4. The van der Waals surface area contributed by atoms with Crippen LogP contribution in [-0.4, -0.2) is 17.4 Å². The van der Waals surface area contributed by atoms with Crippen molar-refractivity contribution >= 4 is 11.6 Å². The fourth-order valence-electron chi connectivity index (χ4n) is 2.63. The van der Waals surface area contributed by atoms with Crippen LogP contribution in [0, 0.1) is 0 Å². The summed E-state index contributed by atoms with van der Waals surface area (Å²) < 4.78 is 0. The number of rotatable bonds is 4. The van der Waals surface area contributed by atoms with Gasteiger partial charge in [-0.25, -0.2) is 0 Å². The number of fused-ring (bicyclic) bond motifs is 1. The molecule has 1 aromatic carbocycles. The van der Waals surface area contributed by atoms with Gasteiger partial charge in [-0.15, -0.1) is 0 Å². The van der Waals surface area contributed by atoms with Crippen molar-refractivity contribution in [1.29, 1.82) is 0 Å².